The molecule has 0 unspecified atom stereocenters. The minimum atomic E-state index is -0.974. The highest BCUT2D eigenvalue weighted by atomic mass is 79.9. The number of nitrogen functional groups attached to an aromatic ring is 1. The van der Waals surface area contributed by atoms with Crippen molar-refractivity contribution < 1.29 is 8.78 Å². The van der Waals surface area contributed by atoms with Crippen LogP contribution in [0.2, 0.25) is 0 Å². The van der Waals surface area contributed by atoms with E-state index in [1.807, 2.05) is 0 Å². The third kappa shape index (κ3) is 2.52. The molecule has 2 heterocycles. The van der Waals surface area contributed by atoms with Crippen LogP contribution in [-0.4, -0.2) is 14.8 Å². The zero-order chi connectivity index (χ0) is 15.0. The van der Waals surface area contributed by atoms with E-state index < -0.39 is 11.6 Å². The lowest BCUT2D eigenvalue weighted by atomic mass is 10.1. The van der Waals surface area contributed by atoms with Gasteiger partial charge in [0.15, 0.2) is 17.5 Å². The van der Waals surface area contributed by atoms with E-state index in [1.54, 1.807) is 18.3 Å². The molecule has 2 aromatic heterocycles. The van der Waals surface area contributed by atoms with E-state index in [0.29, 0.717) is 5.82 Å². The maximum Gasteiger partial charge on any atom is 0.168 e. The molecule has 0 spiro atoms. The number of nitrogens with two attached hydrogens (primary N) is 1. The smallest absolute Gasteiger partial charge is 0.168 e. The first-order valence-electron chi connectivity index (χ1n) is 5.97. The number of pyridine rings is 1. The average Bonchev–Trinajstić information content (AvgIpc) is 2.84. The second-order valence-corrected chi connectivity index (χ2v) is 5.23. The molecule has 21 heavy (non-hydrogen) atoms. The van der Waals surface area contributed by atoms with Crippen LogP contribution in [0.25, 0.3) is 17.1 Å². The largest absolute Gasteiger partial charge is 0.396 e. The first-order chi connectivity index (χ1) is 10.1. The van der Waals surface area contributed by atoms with E-state index in [0.717, 1.165) is 10.5 Å². The zero-order valence-corrected chi connectivity index (χ0v) is 12.2. The van der Waals surface area contributed by atoms with E-state index in [2.05, 4.69) is 26.0 Å². The number of halogens is 3. The fraction of sp³-hybridized carbons (Fsp3) is 0. The molecular formula is C14H9BrF2N4. The lowest BCUT2D eigenvalue weighted by Crippen LogP contribution is -1.98. The summed E-state index contributed by atoms with van der Waals surface area (Å²) in [6, 6.07) is 7.40. The predicted octanol–water partition coefficient (Wildman–Crippen LogP) is 3.56. The zero-order valence-electron chi connectivity index (χ0n) is 10.6. The van der Waals surface area contributed by atoms with Crippen LogP contribution in [0.15, 0.2) is 47.2 Å². The van der Waals surface area contributed by atoms with E-state index >= 15 is 0 Å². The summed E-state index contributed by atoms with van der Waals surface area (Å²) in [6.07, 6.45) is 3.12. The van der Waals surface area contributed by atoms with Crippen LogP contribution in [0, 0.1) is 11.6 Å². The topological polar surface area (TPSA) is 56.7 Å². The van der Waals surface area contributed by atoms with Gasteiger partial charge in [0, 0.05) is 16.2 Å². The van der Waals surface area contributed by atoms with Gasteiger partial charge >= 0.3 is 0 Å². The Bertz CT molecular complexity index is 799. The maximum absolute atomic E-state index is 13.8. The second-order valence-electron chi connectivity index (χ2n) is 4.31. The Morgan fingerprint density at radius 2 is 1.95 bits per heavy atom. The minimum absolute atomic E-state index is 0.0170. The fourth-order valence-electron chi connectivity index (χ4n) is 1.90. The average molecular weight is 351 g/mol. The van der Waals surface area contributed by atoms with Gasteiger partial charge in [-0.15, -0.1) is 0 Å². The molecule has 0 aliphatic carbocycles. The molecule has 2 N–H and O–H groups in total. The molecule has 7 heteroatoms. The fourth-order valence-corrected chi connectivity index (χ4v) is 2.14. The molecule has 3 aromatic rings. The summed E-state index contributed by atoms with van der Waals surface area (Å²) >= 11 is 3.28. The van der Waals surface area contributed by atoms with E-state index in [4.69, 9.17) is 5.73 Å². The van der Waals surface area contributed by atoms with Crippen molar-refractivity contribution in [2.24, 2.45) is 0 Å². The Hall–Kier alpha value is -2.28. The highest BCUT2D eigenvalue weighted by Crippen LogP contribution is 2.28. The summed E-state index contributed by atoms with van der Waals surface area (Å²) in [5.74, 6) is -1.39. The van der Waals surface area contributed by atoms with Crippen LogP contribution >= 0.6 is 15.9 Å². The quantitative estimate of drug-likeness (QED) is 0.768. The molecule has 0 atom stereocenters. The Kier molecular flexibility index (Phi) is 3.42. The number of hydrogen-bond donors (Lipinski definition) is 1. The third-order valence-electron chi connectivity index (χ3n) is 2.90. The van der Waals surface area contributed by atoms with E-state index in [1.165, 1.54) is 23.0 Å². The normalized spacial score (nSPS) is 10.8. The molecule has 0 amide bonds. The highest BCUT2D eigenvalue weighted by Gasteiger charge is 2.16. The van der Waals surface area contributed by atoms with Crippen LogP contribution in [-0.2, 0) is 0 Å². The molecule has 0 radical (unpaired) electrons. The van der Waals surface area contributed by atoms with Crippen molar-refractivity contribution >= 4 is 21.6 Å². The van der Waals surface area contributed by atoms with Gasteiger partial charge in [0.2, 0.25) is 0 Å². The van der Waals surface area contributed by atoms with Crippen LogP contribution in [0.5, 0.6) is 0 Å². The Morgan fingerprint density at radius 3 is 2.67 bits per heavy atom. The summed E-state index contributed by atoms with van der Waals surface area (Å²) in [4.78, 5) is 4.17. The molecule has 4 nitrogen and oxygen atoms in total. The second kappa shape index (κ2) is 5.25. The molecule has 106 valence electrons. The third-order valence-corrected chi connectivity index (χ3v) is 3.36. The van der Waals surface area contributed by atoms with Crippen molar-refractivity contribution in [1.29, 1.82) is 0 Å². The maximum atomic E-state index is 13.8. The first kappa shape index (κ1) is 13.7. The summed E-state index contributed by atoms with van der Waals surface area (Å²) in [6.45, 7) is 0. The summed E-state index contributed by atoms with van der Waals surface area (Å²) in [5, 5.41) is 4.19. The first-order valence-corrected chi connectivity index (χ1v) is 6.77. The van der Waals surface area contributed by atoms with Crippen LogP contribution < -0.4 is 5.73 Å². The van der Waals surface area contributed by atoms with Crippen molar-refractivity contribution in [2.45, 2.75) is 0 Å². The van der Waals surface area contributed by atoms with Gasteiger partial charge in [0.1, 0.15) is 5.69 Å². The van der Waals surface area contributed by atoms with E-state index in [-0.39, 0.29) is 16.9 Å². The summed E-state index contributed by atoms with van der Waals surface area (Å²) < 4.78 is 29.4. The van der Waals surface area contributed by atoms with Crippen LogP contribution in [0.1, 0.15) is 0 Å². The molecule has 0 fully saturated rings. The molecule has 0 aliphatic heterocycles. The monoisotopic (exact) mass is 350 g/mol. The van der Waals surface area contributed by atoms with Crippen molar-refractivity contribution in [1.82, 2.24) is 14.8 Å². The van der Waals surface area contributed by atoms with Gasteiger partial charge < -0.3 is 5.73 Å². The molecular weight excluding hydrogens is 342 g/mol. The van der Waals surface area contributed by atoms with E-state index in [9.17, 15) is 8.78 Å². The SMILES string of the molecule is Nc1cn(-c2ccc(Br)cn2)nc1-c1cccc(F)c1F. The Balaban J connectivity index is 2.10. The van der Waals surface area contributed by atoms with Gasteiger partial charge in [-0.3, -0.25) is 0 Å². The molecule has 0 saturated carbocycles. The minimum Gasteiger partial charge on any atom is -0.396 e. The molecule has 0 bridgehead atoms. The lowest BCUT2D eigenvalue weighted by Gasteiger charge is -2.02. The number of rotatable bonds is 2. The predicted molar refractivity (Wildman–Crippen MR) is 78.8 cm³/mol. The van der Waals surface area contributed by atoms with Gasteiger partial charge in [-0.2, -0.15) is 5.10 Å². The summed E-state index contributed by atoms with van der Waals surface area (Å²) in [7, 11) is 0. The standard InChI is InChI=1S/C14H9BrF2N4/c15-8-4-5-12(19-6-8)21-7-11(18)14(20-21)9-2-1-3-10(16)13(9)17/h1-7H,18H2. The van der Waals surface area contributed by atoms with Gasteiger partial charge in [-0.25, -0.2) is 18.4 Å². The molecule has 0 saturated heterocycles. The number of aromatic nitrogens is 3. The molecule has 3 rings (SSSR count). The number of benzene rings is 1. The summed E-state index contributed by atoms with van der Waals surface area (Å²) in [5.41, 5.74) is 6.28. The highest BCUT2D eigenvalue weighted by molar-refractivity contribution is 9.10. The van der Waals surface area contributed by atoms with Crippen molar-refractivity contribution in [3.63, 3.8) is 0 Å². The Labute approximate surface area is 127 Å². The number of hydrogen-bond acceptors (Lipinski definition) is 3. The van der Waals surface area contributed by atoms with Gasteiger partial charge in [0.25, 0.3) is 0 Å². The van der Waals surface area contributed by atoms with Crippen molar-refractivity contribution in [3.8, 4) is 17.1 Å². The van der Waals surface area contributed by atoms with Gasteiger partial charge in [-0.05, 0) is 40.2 Å². The molecule has 1 aromatic carbocycles. The van der Waals surface area contributed by atoms with Crippen LogP contribution in [0.4, 0.5) is 14.5 Å². The van der Waals surface area contributed by atoms with Crippen molar-refractivity contribution in [3.05, 3.63) is 58.8 Å². The van der Waals surface area contributed by atoms with Crippen LogP contribution in [0.3, 0.4) is 0 Å². The molecule has 0 aliphatic rings. The number of anilines is 1. The number of nitrogens with zero attached hydrogens (tertiary/aromatic N) is 3. The van der Waals surface area contributed by atoms with Gasteiger partial charge in [-0.1, -0.05) is 6.07 Å². The lowest BCUT2D eigenvalue weighted by molar-refractivity contribution is 0.511. The Morgan fingerprint density at radius 1 is 1.14 bits per heavy atom. The van der Waals surface area contributed by atoms with Crippen molar-refractivity contribution in [2.75, 3.05) is 5.73 Å². The van der Waals surface area contributed by atoms with Gasteiger partial charge in [0.05, 0.1) is 11.9 Å².